The number of nitrogens with one attached hydrogen (secondary N) is 1. The Hall–Kier alpha value is -3.35. The lowest BCUT2D eigenvalue weighted by atomic mass is 10.00. The number of halogens is 2. The number of carbonyl (C=O) groups excluding carboxylic acids is 1. The van der Waals surface area contributed by atoms with Crippen molar-refractivity contribution in [3.05, 3.63) is 83.1 Å². The van der Waals surface area contributed by atoms with Crippen molar-refractivity contribution >= 4 is 17.4 Å². The number of aromatic nitrogens is 2. The first-order valence-corrected chi connectivity index (χ1v) is 8.52. The monoisotopic (exact) mass is 366 g/mol. The maximum absolute atomic E-state index is 13.7. The summed E-state index contributed by atoms with van der Waals surface area (Å²) in [5.41, 5.74) is 2.25. The quantitative estimate of drug-likeness (QED) is 0.768. The molecule has 136 valence electrons. The molecule has 2 heterocycles. The predicted octanol–water partition coefficient (Wildman–Crippen LogP) is 3.70. The van der Waals surface area contributed by atoms with Crippen LogP contribution in [-0.2, 0) is 13.0 Å². The third-order valence-corrected chi connectivity index (χ3v) is 4.52. The Labute approximate surface area is 154 Å². The summed E-state index contributed by atoms with van der Waals surface area (Å²) < 4.78 is 27.4. The molecule has 0 saturated heterocycles. The Balaban J connectivity index is 1.48. The average Bonchev–Trinajstić information content (AvgIpc) is 2.70. The van der Waals surface area contributed by atoms with Gasteiger partial charge in [-0.2, -0.15) is 0 Å². The summed E-state index contributed by atoms with van der Waals surface area (Å²) in [5, 5.41) is 10.3. The molecular weight excluding hydrogens is 350 g/mol. The van der Waals surface area contributed by atoms with Crippen molar-refractivity contribution in [2.75, 3.05) is 11.9 Å². The molecule has 0 saturated carbocycles. The van der Waals surface area contributed by atoms with E-state index in [9.17, 15) is 13.6 Å². The molecule has 5 nitrogen and oxygen atoms in total. The summed E-state index contributed by atoms with van der Waals surface area (Å²) in [7, 11) is 0. The number of fused-ring (bicyclic) bond motifs is 1. The zero-order valence-corrected chi connectivity index (χ0v) is 14.3. The molecule has 1 amide bonds. The topological polar surface area (TPSA) is 58.1 Å². The second-order valence-electron chi connectivity index (χ2n) is 6.27. The summed E-state index contributed by atoms with van der Waals surface area (Å²) >= 11 is 0. The van der Waals surface area contributed by atoms with Gasteiger partial charge in [0.1, 0.15) is 17.3 Å². The molecular formula is C20H16F2N4O. The van der Waals surface area contributed by atoms with Gasteiger partial charge in [0.05, 0.1) is 0 Å². The molecule has 0 fully saturated rings. The third-order valence-electron chi connectivity index (χ3n) is 4.52. The van der Waals surface area contributed by atoms with Crippen LogP contribution >= 0.6 is 0 Å². The summed E-state index contributed by atoms with van der Waals surface area (Å²) in [4.78, 5) is 14.4. The van der Waals surface area contributed by atoms with Gasteiger partial charge in [0.2, 0.25) is 0 Å². The third kappa shape index (κ3) is 3.48. The van der Waals surface area contributed by atoms with Gasteiger partial charge in [-0.3, -0.25) is 4.79 Å². The lowest BCUT2D eigenvalue weighted by Crippen LogP contribution is -2.36. The van der Waals surface area contributed by atoms with Crippen LogP contribution in [0.25, 0.3) is 0 Å². The molecule has 7 heteroatoms. The highest BCUT2D eigenvalue weighted by atomic mass is 19.1. The molecule has 1 N–H and O–H groups in total. The fourth-order valence-electron chi connectivity index (χ4n) is 3.09. The molecule has 1 aliphatic rings. The van der Waals surface area contributed by atoms with Gasteiger partial charge in [-0.1, -0.05) is 30.3 Å². The summed E-state index contributed by atoms with van der Waals surface area (Å²) in [6.45, 7) is 1.13. The van der Waals surface area contributed by atoms with E-state index in [-0.39, 0.29) is 23.1 Å². The summed E-state index contributed by atoms with van der Waals surface area (Å²) in [6, 6.07) is 14.6. The first-order chi connectivity index (χ1) is 13.1. The van der Waals surface area contributed by atoms with Crippen LogP contribution in [0.15, 0.2) is 54.6 Å². The van der Waals surface area contributed by atoms with Crippen molar-refractivity contribution in [3.8, 4) is 0 Å². The van der Waals surface area contributed by atoms with Gasteiger partial charge in [-0.25, -0.2) is 8.78 Å². The highest BCUT2D eigenvalue weighted by Crippen LogP contribution is 2.23. The van der Waals surface area contributed by atoms with Crippen LogP contribution in [0.1, 0.15) is 21.6 Å². The second kappa shape index (κ2) is 7.11. The highest BCUT2D eigenvalue weighted by Gasteiger charge is 2.22. The number of carbonyl (C=O) groups is 1. The van der Waals surface area contributed by atoms with Crippen molar-refractivity contribution < 1.29 is 13.6 Å². The maximum atomic E-state index is 13.7. The molecule has 27 heavy (non-hydrogen) atoms. The van der Waals surface area contributed by atoms with Crippen molar-refractivity contribution in [2.45, 2.75) is 13.0 Å². The number of benzene rings is 2. The van der Waals surface area contributed by atoms with Crippen LogP contribution in [0.5, 0.6) is 0 Å². The summed E-state index contributed by atoms with van der Waals surface area (Å²) in [5.74, 6) is -1.53. The zero-order chi connectivity index (χ0) is 18.8. The number of anilines is 2. The zero-order valence-electron chi connectivity index (χ0n) is 14.3. The fourth-order valence-corrected chi connectivity index (χ4v) is 3.09. The number of nitrogens with zero attached hydrogens (tertiary/aromatic N) is 3. The van der Waals surface area contributed by atoms with Crippen LogP contribution in [0, 0.1) is 11.6 Å². The predicted molar refractivity (Wildman–Crippen MR) is 96.6 cm³/mol. The normalized spacial score (nSPS) is 13.2. The van der Waals surface area contributed by atoms with E-state index in [1.165, 1.54) is 23.8 Å². The van der Waals surface area contributed by atoms with Crippen LogP contribution in [0.2, 0.25) is 0 Å². The van der Waals surface area contributed by atoms with Gasteiger partial charge in [0, 0.05) is 13.1 Å². The SMILES string of the molecule is O=C(c1ccc(Nc2c(F)cccc2F)nn1)N1CCc2ccccc2C1. The van der Waals surface area contributed by atoms with Crippen LogP contribution in [0.4, 0.5) is 20.3 Å². The van der Waals surface area contributed by atoms with Gasteiger partial charge in [0.25, 0.3) is 5.91 Å². The molecule has 0 aliphatic carbocycles. The van der Waals surface area contributed by atoms with Gasteiger partial charge in [-0.15, -0.1) is 10.2 Å². The van der Waals surface area contributed by atoms with E-state index >= 15 is 0 Å². The molecule has 2 aromatic carbocycles. The molecule has 3 aromatic rings. The largest absolute Gasteiger partial charge is 0.334 e. The molecule has 0 unspecified atom stereocenters. The number of amides is 1. The van der Waals surface area contributed by atoms with E-state index in [1.54, 1.807) is 4.90 Å². The minimum absolute atomic E-state index is 0.152. The van der Waals surface area contributed by atoms with Crippen molar-refractivity contribution in [1.82, 2.24) is 15.1 Å². The first kappa shape index (κ1) is 17.1. The number of rotatable bonds is 3. The highest BCUT2D eigenvalue weighted by molar-refractivity contribution is 5.92. The molecule has 1 aromatic heterocycles. The lowest BCUT2D eigenvalue weighted by Gasteiger charge is -2.28. The Morgan fingerprint density at radius 3 is 2.37 bits per heavy atom. The number of hydrogen-bond acceptors (Lipinski definition) is 4. The van der Waals surface area contributed by atoms with E-state index in [0.717, 1.165) is 24.1 Å². The average molecular weight is 366 g/mol. The van der Waals surface area contributed by atoms with Gasteiger partial charge in [-0.05, 0) is 41.8 Å². The fraction of sp³-hybridized carbons (Fsp3) is 0.150. The van der Waals surface area contributed by atoms with Crippen molar-refractivity contribution in [2.24, 2.45) is 0 Å². The second-order valence-corrected chi connectivity index (χ2v) is 6.27. The Kier molecular flexibility index (Phi) is 4.50. The lowest BCUT2D eigenvalue weighted by molar-refractivity contribution is 0.0727. The van der Waals surface area contributed by atoms with Crippen LogP contribution < -0.4 is 5.32 Å². The molecule has 0 atom stereocenters. The Morgan fingerprint density at radius 1 is 0.926 bits per heavy atom. The number of hydrogen-bond donors (Lipinski definition) is 1. The van der Waals surface area contributed by atoms with Gasteiger partial charge >= 0.3 is 0 Å². The van der Waals surface area contributed by atoms with Crippen LogP contribution in [0.3, 0.4) is 0 Å². The standard InChI is InChI=1S/C20H16F2N4O/c21-15-6-3-7-16(22)19(15)23-18-9-8-17(24-25-18)20(27)26-11-10-13-4-1-2-5-14(13)12-26/h1-9H,10-12H2,(H,23,25). The van der Waals surface area contributed by atoms with E-state index in [0.29, 0.717) is 13.1 Å². The molecule has 0 radical (unpaired) electrons. The minimum Gasteiger partial charge on any atom is -0.334 e. The molecule has 1 aliphatic heterocycles. The van der Waals surface area contributed by atoms with Crippen LogP contribution in [-0.4, -0.2) is 27.5 Å². The summed E-state index contributed by atoms with van der Waals surface area (Å²) in [6.07, 6.45) is 0.793. The minimum atomic E-state index is -0.732. The van der Waals surface area contributed by atoms with Gasteiger partial charge in [0.15, 0.2) is 11.5 Å². The Bertz CT molecular complexity index is 971. The van der Waals surface area contributed by atoms with Gasteiger partial charge < -0.3 is 10.2 Å². The van der Waals surface area contributed by atoms with Crippen molar-refractivity contribution in [1.29, 1.82) is 0 Å². The molecule has 4 rings (SSSR count). The van der Waals surface area contributed by atoms with E-state index in [4.69, 9.17) is 0 Å². The van der Waals surface area contributed by atoms with E-state index < -0.39 is 11.6 Å². The first-order valence-electron chi connectivity index (χ1n) is 8.52. The number of para-hydroxylation sites is 1. The molecule has 0 bridgehead atoms. The van der Waals surface area contributed by atoms with E-state index in [2.05, 4.69) is 21.6 Å². The maximum Gasteiger partial charge on any atom is 0.274 e. The Morgan fingerprint density at radius 2 is 1.67 bits per heavy atom. The van der Waals surface area contributed by atoms with Crippen molar-refractivity contribution in [3.63, 3.8) is 0 Å². The van der Waals surface area contributed by atoms with E-state index in [1.807, 2.05) is 18.2 Å². The molecule has 0 spiro atoms. The smallest absolute Gasteiger partial charge is 0.274 e.